The molecule has 2 aromatic heterocycles. The van der Waals surface area contributed by atoms with Gasteiger partial charge in [0.25, 0.3) is 5.56 Å². The molecule has 0 saturated heterocycles. The Kier molecular flexibility index (Phi) is 5.40. The second-order valence-electron chi connectivity index (χ2n) is 5.77. The van der Waals surface area contributed by atoms with Crippen molar-refractivity contribution in [1.82, 2.24) is 24.5 Å². The van der Waals surface area contributed by atoms with Crippen LogP contribution in [0.5, 0.6) is 0 Å². The summed E-state index contributed by atoms with van der Waals surface area (Å²) in [5, 5.41) is 10.7. The number of nitrogens with zero attached hydrogens (tertiary/aromatic N) is 4. The SMILES string of the molecule is CCCn1c(=O)c2ccccc2n2c(SCC(=O)NCC(F)(F)F)nnc12. The molecule has 0 saturated carbocycles. The number of hydrogen-bond donors (Lipinski definition) is 1. The fourth-order valence-electron chi connectivity index (χ4n) is 2.63. The number of benzene rings is 1. The van der Waals surface area contributed by atoms with E-state index in [1.165, 1.54) is 4.57 Å². The third-order valence-corrected chi connectivity index (χ3v) is 4.67. The van der Waals surface area contributed by atoms with Crippen LogP contribution in [0.25, 0.3) is 16.7 Å². The van der Waals surface area contributed by atoms with E-state index in [2.05, 4.69) is 10.2 Å². The highest BCUT2D eigenvalue weighted by atomic mass is 32.2. The molecule has 2 heterocycles. The van der Waals surface area contributed by atoms with Gasteiger partial charge in [-0.15, -0.1) is 10.2 Å². The van der Waals surface area contributed by atoms with Gasteiger partial charge < -0.3 is 5.32 Å². The van der Waals surface area contributed by atoms with Gasteiger partial charge in [-0.2, -0.15) is 13.2 Å². The zero-order chi connectivity index (χ0) is 19.6. The Morgan fingerprint density at radius 2 is 2.00 bits per heavy atom. The first kappa shape index (κ1) is 19.2. The lowest BCUT2D eigenvalue weighted by Crippen LogP contribution is -2.34. The molecule has 0 atom stereocenters. The number of alkyl halides is 3. The Labute approximate surface area is 155 Å². The summed E-state index contributed by atoms with van der Waals surface area (Å²) >= 11 is 0.957. The molecule has 0 aliphatic carbocycles. The highest BCUT2D eigenvalue weighted by Gasteiger charge is 2.27. The normalized spacial score (nSPS) is 12.0. The molecule has 144 valence electrons. The quantitative estimate of drug-likeness (QED) is 0.643. The first-order valence-electron chi connectivity index (χ1n) is 8.14. The topological polar surface area (TPSA) is 81.3 Å². The second kappa shape index (κ2) is 7.59. The summed E-state index contributed by atoms with van der Waals surface area (Å²) in [5.41, 5.74) is 0.389. The van der Waals surface area contributed by atoms with Crippen molar-refractivity contribution in [1.29, 1.82) is 0 Å². The molecular formula is C16H16F3N5O2S. The van der Waals surface area contributed by atoms with Crippen LogP contribution in [0.4, 0.5) is 13.2 Å². The molecule has 0 spiro atoms. The molecule has 0 aliphatic rings. The van der Waals surface area contributed by atoms with Crippen molar-refractivity contribution < 1.29 is 18.0 Å². The van der Waals surface area contributed by atoms with Crippen LogP contribution in [0, 0.1) is 0 Å². The van der Waals surface area contributed by atoms with Crippen LogP contribution in [0.15, 0.2) is 34.2 Å². The van der Waals surface area contributed by atoms with Crippen molar-refractivity contribution in [2.45, 2.75) is 31.2 Å². The fourth-order valence-corrected chi connectivity index (χ4v) is 3.40. The van der Waals surface area contributed by atoms with E-state index in [-0.39, 0.29) is 11.3 Å². The van der Waals surface area contributed by atoms with Gasteiger partial charge in [-0.25, -0.2) is 0 Å². The molecule has 0 aliphatic heterocycles. The summed E-state index contributed by atoms with van der Waals surface area (Å²) in [4.78, 5) is 24.4. The molecule has 0 unspecified atom stereocenters. The molecule has 1 amide bonds. The summed E-state index contributed by atoms with van der Waals surface area (Å²) in [7, 11) is 0. The molecule has 0 bridgehead atoms. The average Bonchev–Trinajstić information content (AvgIpc) is 3.05. The van der Waals surface area contributed by atoms with E-state index >= 15 is 0 Å². The van der Waals surface area contributed by atoms with Crippen LogP contribution in [0.3, 0.4) is 0 Å². The minimum absolute atomic E-state index is 0.188. The number of hydrogen-bond acceptors (Lipinski definition) is 5. The van der Waals surface area contributed by atoms with Crippen molar-refractivity contribution >= 4 is 34.3 Å². The third kappa shape index (κ3) is 4.07. The molecule has 7 nitrogen and oxygen atoms in total. The number of thioether (sulfide) groups is 1. The van der Waals surface area contributed by atoms with Crippen LogP contribution in [0.1, 0.15) is 13.3 Å². The highest BCUT2D eigenvalue weighted by molar-refractivity contribution is 7.99. The van der Waals surface area contributed by atoms with Crippen molar-refractivity contribution in [3.05, 3.63) is 34.6 Å². The van der Waals surface area contributed by atoms with Gasteiger partial charge in [0.15, 0.2) is 5.16 Å². The van der Waals surface area contributed by atoms with E-state index in [4.69, 9.17) is 0 Å². The molecule has 11 heteroatoms. The first-order chi connectivity index (χ1) is 12.8. The van der Waals surface area contributed by atoms with Crippen LogP contribution in [-0.4, -0.2) is 43.5 Å². The van der Waals surface area contributed by atoms with Crippen LogP contribution >= 0.6 is 11.8 Å². The largest absolute Gasteiger partial charge is 0.405 e. The highest BCUT2D eigenvalue weighted by Crippen LogP contribution is 2.21. The van der Waals surface area contributed by atoms with Gasteiger partial charge in [0.1, 0.15) is 6.54 Å². The predicted octanol–water partition coefficient (Wildman–Crippen LogP) is 2.22. The minimum Gasteiger partial charge on any atom is -0.346 e. The lowest BCUT2D eigenvalue weighted by atomic mass is 10.2. The Morgan fingerprint density at radius 3 is 2.70 bits per heavy atom. The summed E-state index contributed by atoms with van der Waals surface area (Å²) in [6, 6.07) is 6.92. The maximum atomic E-state index is 12.7. The van der Waals surface area contributed by atoms with Crippen LogP contribution in [0.2, 0.25) is 0 Å². The number of aromatic nitrogens is 4. The summed E-state index contributed by atoms with van der Waals surface area (Å²) in [6.45, 7) is 0.989. The Bertz CT molecular complexity index is 1040. The standard InChI is InChI=1S/C16H16F3N5O2S/c1-2-7-23-13(26)10-5-3-4-6-11(10)24-14(23)21-22-15(24)27-8-12(25)20-9-16(17,18)19/h3-6H,2,7-9H2,1H3,(H,20,25). The number of carbonyl (C=O) groups excluding carboxylic acids is 1. The van der Waals surface area contributed by atoms with Crippen molar-refractivity contribution in [3.8, 4) is 0 Å². The van der Waals surface area contributed by atoms with E-state index < -0.39 is 18.6 Å². The Hall–Kier alpha value is -2.56. The van der Waals surface area contributed by atoms with Crippen molar-refractivity contribution in [2.24, 2.45) is 0 Å². The summed E-state index contributed by atoms with van der Waals surface area (Å²) in [6.07, 6.45) is -3.75. The zero-order valence-corrected chi connectivity index (χ0v) is 15.1. The monoisotopic (exact) mass is 399 g/mol. The summed E-state index contributed by atoms with van der Waals surface area (Å²) in [5.74, 6) is -0.683. The number of amides is 1. The molecule has 3 rings (SSSR count). The second-order valence-corrected chi connectivity index (χ2v) is 6.72. The van der Waals surface area contributed by atoms with Crippen molar-refractivity contribution in [3.63, 3.8) is 0 Å². The van der Waals surface area contributed by atoms with Crippen molar-refractivity contribution in [2.75, 3.05) is 12.3 Å². The first-order valence-corrected chi connectivity index (χ1v) is 9.13. The van der Waals surface area contributed by atoms with E-state index in [0.29, 0.717) is 34.8 Å². The minimum atomic E-state index is -4.46. The Balaban J connectivity index is 1.96. The van der Waals surface area contributed by atoms with E-state index in [1.54, 1.807) is 28.7 Å². The van der Waals surface area contributed by atoms with E-state index in [9.17, 15) is 22.8 Å². The number of aryl methyl sites for hydroxylation is 1. The average molecular weight is 399 g/mol. The fraction of sp³-hybridized carbons (Fsp3) is 0.375. The molecule has 1 aromatic carbocycles. The van der Waals surface area contributed by atoms with Gasteiger partial charge in [0, 0.05) is 6.54 Å². The number of carbonyl (C=O) groups is 1. The van der Waals surface area contributed by atoms with Gasteiger partial charge in [-0.3, -0.25) is 18.6 Å². The molecule has 0 fully saturated rings. The van der Waals surface area contributed by atoms with Gasteiger partial charge in [0.2, 0.25) is 11.7 Å². The number of para-hydroxylation sites is 1. The Morgan fingerprint density at radius 1 is 1.26 bits per heavy atom. The summed E-state index contributed by atoms with van der Waals surface area (Å²) < 4.78 is 39.7. The van der Waals surface area contributed by atoms with Gasteiger partial charge >= 0.3 is 6.18 Å². The number of nitrogens with one attached hydrogen (secondary N) is 1. The lowest BCUT2D eigenvalue weighted by molar-refractivity contribution is -0.136. The maximum Gasteiger partial charge on any atom is 0.405 e. The molecular weight excluding hydrogens is 383 g/mol. The number of halogens is 3. The van der Waals surface area contributed by atoms with Gasteiger partial charge in [0.05, 0.1) is 16.7 Å². The zero-order valence-electron chi connectivity index (χ0n) is 14.3. The number of rotatable bonds is 6. The van der Waals surface area contributed by atoms with Crippen LogP contribution < -0.4 is 10.9 Å². The van der Waals surface area contributed by atoms with E-state index in [0.717, 1.165) is 11.8 Å². The molecule has 27 heavy (non-hydrogen) atoms. The predicted molar refractivity (Wildman–Crippen MR) is 94.8 cm³/mol. The van der Waals surface area contributed by atoms with Gasteiger partial charge in [-0.1, -0.05) is 30.8 Å². The van der Waals surface area contributed by atoms with Gasteiger partial charge in [-0.05, 0) is 18.6 Å². The maximum absolute atomic E-state index is 12.7. The molecule has 0 radical (unpaired) electrons. The van der Waals surface area contributed by atoms with E-state index in [1.807, 2.05) is 12.2 Å². The van der Waals surface area contributed by atoms with Crippen LogP contribution in [-0.2, 0) is 11.3 Å². The third-order valence-electron chi connectivity index (χ3n) is 3.74. The smallest absolute Gasteiger partial charge is 0.346 e. The molecule has 3 aromatic rings. The molecule has 1 N–H and O–H groups in total. The number of fused-ring (bicyclic) bond motifs is 3. The lowest BCUT2D eigenvalue weighted by Gasteiger charge is -2.10.